The Balaban J connectivity index is 1.40. The van der Waals surface area contributed by atoms with Crippen LogP contribution in [0, 0.1) is 6.92 Å². The molecule has 0 spiro atoms. The van der Waals surface area contributed by atoms with Gasteiger partial charge in [0.05, 0.1) is 16.9 Å². The van der Waals surface area contributed by atoms with Gasteiger partial charge in [-0.3, -0.25) is 14.8 Å². The van der Waals surface area contributed by atoms with Gasteiger partial charge in [0.2, 0.25) is 5.91 Å². The summed E-state index contributed by atoms with van der Waals surface area (Å²) in [5.41, 5.74) is 10.7. The largest absolute Gasteiger partial charge is 0.366 e. The van der Waals surface area contributed by atoms with E-state index in [9.17, 15) is 4.79 Å². The lowest BCUT2D eigenvalue weighted by atomic mass is 9.92. The number of pyridine rings is 1. The summed E-state index contributed by atoms with van der Waals surface area (Å²) in [6, 6.07) is 17.7. The standard InChI is InChI=1S/C24H21N5O/c1-15-5-7-20-16(11-15)6-8-21(28-20)29-13-19(14-29)23-22(26-9-10-27-23)17-3-2-4-18(12-17)24(25)30/h2-12,19H,13-14H2,1H3,(H2,25,30). The number of benzene rings is 2. The SMILES string of the molecule is Cc1ccc2nc(N3CC(c4nccnc4-c4cccc(C(N)=O)c4)C3)ccc2c1. The third kappa shape index (κ3) is 3.26. The number of hydrogen-bond donors (Lipinski definition) is 1. The summed E-state index contributed by atoms with van der Waals surface area (Å²) in [5.74, 6) is 0.778. The topological polar surface area (TPSA) is 85.0 Å². The molecule has 2 aromatic carbocycles. The molecule has 6 nitrogen and oxygen atoms in total. The molecule has 3 heterocycles. The zero-order chi connectivity index (χ0) is 20.7. The van der Waals surface area contributed by atoms with E-state index in [1.165, 1.54) is 5.56 Å². The van der Waals surface area contributed by atoms with E-state index in [1.807, 2.05) is 12.1 Å². The van der Waals surface area contributed by atoms with Gasteiger partial charge >= 0.3 is 0 Å². The van der Waals surface area contributed by atoms with Gasteiger partial charge in [-0.05, 0) is 43.3 Å². The highest BCUT2D eigenvalue weighted by molar-refractivity contribution is 5.94. The molecule has 0 saturated carbocycles. The summed E-state index contributed by atoms with van der Waals surface area (Å²) in [7, 11) is 0. The number of aryl methyl sites for hydroxylation is 1. The van der Waals surface area contributed by atoms with Gasteiger partial charge in [-0.1, -0.05) is 23.8 Å². The highest BCUT2D eigenvalue weighted by Crippen LogP contribution is 2.34. The molecule has 1 amide bonds. The monoisotopic (exact) mass is 395 g/mol. The van der Waals surface area contributed by atoms with Crippen molar-refractivity contribution in [3.05, 3.63) is 83.8 Å². The van der Waals surface area contributed by atoms with Gasteiger partial charge in [-0.25, -0.2) is 4.98 Å². The van der Waals surface area contributed by atoms with Gasteiger partial charge in [0.25, 0.3) is 0 Å². The predicted molar refractivity (Wildman–Crippen MR) is 117 cm³/mol. The van der Waals surface area contributed by atoms with E-state index in [4.69, 9.17) is 10.7 Å². The maximum Gasteiger partial charge on any atom is 0.248 e. The average molecular weight is 395 g/mol. The van der Waals surface area contributed by atoms with E-state index in [0.717, 1.165) is 46.8 Å². The first kappa shape index (κ1) is 18.2. The predicted octanol–water partition coefficient (Wildman–Crippen LogP) is 3.70. The summed E-state index contributed by atoms with van der Waals surface area (Å²) in [4.78, 5) is 27.8. The zero-order valence-corrected chi connectivity index (χ0v) is 16.6. The van der Waals surface area contributed by atoms with Crippen molar-refractivity contribution in [1.29, 1.82) is 0 Å². The molecule has 5 rings (SSSR count). The molecule has 1 aliphatic rings. The molecular weight excluding hydrogens is 374 g/mol. The molecule has 0 unspecified atom stereocenters. The van der Waals surface area contributed by atoms with E-state index in [-0.39, 0.29) is 5.92 Å². The molecule has 1 fully saturated rings. The second kappa shape index (κ2) is 7.22. The van der Waals surface area contributed by atoms with Crippen molar-refractivity contribution < 1.29 is 4.79 Å². The van der Waals surface area contributed by atoms with E-state index in [0.29, 0.717) is 5.56 Å². The summed E-state index contributed by atoms with van der Waals surface area (Å²) in [6.07, 6.45) is 3.40. The zero-order valence-electron chi connectivity index (χ0n) is 16.6. The van der Waals surface area contributed by atoms with Gasteiger partial charge in [-0.15, -0.1) is 0 Å². The highest BCUT2D eigenvalue weighted by atomic mass is 16.1. The van der Waals surface area contributed by atoms with Crippen molar-refractivity contribution >= 4 is 22.6 Å². The van der Waals surface area contributed by atoms with Crippen LogP contribution in [-0.2, 0) is 0 Å². The Bertz CT molecular complexity index is 1260. The average Bonchev–Trinajstić information content (AvgIpc) is 2.73. The fourth-order valence-corrected chi connectivity index (χ4v) is 3.94. The van der Waals surface area contributed by atoms with Gasteiger partial charge in [0.1, 0.15) is 5.82 Å². The van der Waals surface area contributed by atoms with Gasteiger partial charge < -0.3 is 10.6 Å². The quantitative estimate of drug-likeness (QED) is 0.569. The maximum absolute atomic E-state index is 11.6. The number of primary amides is 1. The number of nitrogens with two attached hydrogens (primary N) is 1. The Morgan fingerprint density at radius 3 is 2.70 bits per heavy atom. The summed E-state index contributed by atoms with van der Waals surface area (Å²) in [6.45, 7) is 3.74. The van der Waals surface area contributed by atoms with Crippen LogP contribution >= 0.6 is 0 Å². The van der Waals surface area contributed by atoms with Crippen molar-refractivity contribution in [1.82, 2.24) is 15.0 Å². The summed E-state index contributed by atoms with van der Waals surface area (Å²) >= 11 is 0. The number of anilines is 1. The Morgan fingerprint density at radius 1 is 1.03 bits per heavy atom. The van der Waals surface area contributed by atoms with Crippen LogP contribution in [0.15, 0.2) is 67.0 Å². The van der Waals surface area contributed by atoms with Crippen LogP contribution in [0.25, 0.3) is 22.2 Å². The Hall–Kier alpha value is -3.80. The van der Waals surface area contributed by atoms with E-state index >= 15 is 0 Å². The van der Waals surface area contributed by atoms with Crippen molar-refractivity contribution in [2.75, 3.05) is 18.0 Å². The number of fused-ring (bicyclic) bond motifs is 1. The Labute approximate surface area is 174 Å². The van der Waals surface area contributed by atoms with E-state index in [2.05, 4.69) is 52.1 Å². The number of nitrogens with zero attached hydrogens (tertiary/aromatic N) is 4. The molecule has 0 atom stereocenters. The fraction of sp³-hybridized carbons (Fsp3) is 0.167. The Morgan fingerprint density at radius 2 is 1.87 bits per heavy atom. The minimum atomic E-state index is -0.449. The third-order valence-corrected chi connectivity index (χ3v) is 5.57. The first-order valence-electron chi connectivity index (χ1n) is 9.92. The van der Waals surface area contributed by atoms with Gasteiger partial charge in [0, 0.05) is 47.9 Å². The molecule has 0 bridgehead atoms. The second-order valence-corrected chi connectivity index (χ2v) is 7.70. The van der Waals surface area contributed by atoms with Crippen molar-refractivity contribution in [2.24, 2.45) is 5.73 Å². The van der Waals surface area contributed by atoms with E-state index < -0.39 is 5.91 Å². The number of rotatable bonds is 4. The van der Waals surface area contributed by atoms with Crippen LogP contribution in [-0.4, -0.2) is 33.9 Å². The number of amides is 1. The normalized spacial score (nSPS) is 14.0. The molecule has 1 aliphatic heterocycles. The fourth-order valence-electron chi connectivity index (χ4n) is 3.94. The maximum atomic E-state index is 11.6. The van der Waals surface area contributed by atoms with Crippen LogP contribution in [0.4, 0.5) is 5.82 Å². The molecule has 1 saturated heterocycles. The van der Waals surface area contributed by atoms with Crippen LogP contribution in [0.5, 0.6) is 0 Å². The third-order valence-electron chi connectivity index (χ3n) is 5.57. The number of aromatic nitrogens is 3. The van der Waals surface area contributed by atoms with Crippen LogP contribution in [0.3, 0.4) is 0 Å². The molecular formula is C24H21N5O. The molecule has 30 heavy (non-hydrogen) atoms. The summed E-state index contributed by atoms with van der Waals surface area (Å²) < 4.78 is 0. The second-order valence-electron chi connectivity index (χ2n) is 7.70. The molecule has 0 aliphatic carbocycles. The molecule has 0 radical (unpaired) electrons. The van der Waals surface area contributed by atoms with Gasteiger partial charge in [0.15, 0.2) is 0 Å². The molecule has 148 valence electrons. The lowest BCUT2D eigenvalue weighted by Crippen LogP contribution is -2.46. The minimum absolute atomic E-state index is 0.251. The first-order valence-corrected chi connectivity index (χ1v) is 9.92. The van der Waals surface area contributed by atoms with Crippen molar-refractivity contribution in [2.45, 2.75) is 12.8 Å². The minimum Gasteiger partial charge on any atom is -0.366 e. The molecule has 6 heteroatoms. The number of carbonyl (C=O) groups is 1. The lowest BCUT2D eigenvalue weighted by Gasteiger charge is -2.40. The Kier molecular flexibility index (Phi) is 4.39. The number of hydrogen-bond acceptors (Lipinski definition) is 5. The van der Waals surface area contributed by atoms with Gasteiger partial charge in [-0.2, -0.15) is 0 Å². The smallest absolute Gasteiger partial charge is 0.248 e. The summed E-state index contributed by atoms with van der Waals surface area (Å²) in [5, 5.41) is 1.15. The van der Waals surface area contributed by atoms with Crippen molar-refractivity contribution in [3.63, 3.8) is 0 Å². The lowest BCUT2D eigenvalue weighted by molar-refractivity contribution is 0.100. The van der Waals surface area contributed by atoms with Crippen LogP contribution in [0.1, 0.15) is 27.5 Å². The highest BCUT2D eigenvalue weighted by Gasteiger charge is 2.32. The number of carbonyl (C=O) groups excluding carboxylic acids is 1. The molecule has 4 aromatic rings. The van der Waals surface area contributed by atoms with Crippen LogP contribution in [0.2, 0.25) is 0 Å². The molecule has 2 aromatic heterocycles. The molecule has 2 N–H and O–H groups in total. The van der Waals surface area contributed by atoms with Crippen molar-refractivity contribution in [3.8, 4) is 11.3 Å². The van der Waals surface area contributed by atoms with Crippen LogP contribution < -0.4 is 10.6 Å². The first-order chi connectivity index (χ1) is 14.6. The van der Waals surface area contributed by atoms with E-state index in [1.54, 1.807) is 24.5 Å².